The highest BCUT2D eigenvalue weighted by atomic mass is 32.1. The molecule has 0 bridgehead atoms. The molecular formula is C21H26N2O2S. The van der Waals surface area contributed by atoms with E-state index in [1.807, 2.05) is 6.92 Å². The summed E-state index contributed by atoms with van der Waals surface area (Å²) >= 11 is 5.45. The highest BCUT2D eigenvalue weighted by Gasteiger charge is 2.21. The maximum Gasteiger partial charge on any atom is 0.171 e. The minimum absolute atomic E-state index is 0.218. The van der Waals surface area contributed by atoms with E-state index >= 15 is 0 Å². The van der Waals surface area contributed by atoms with Crippen LogP contribution in [0.3, 0.4) is 0 Å². The standard InChI is InChI=1S/C21H26N2O2S/c1-5-24-19-10-16-9-15(4)25-20(16)11-17(19)12-22-21(26)23-18-7-13(2)6-14(3)8-18/h6-8,10-11,15H,5,9,12H2,1-4H3,(H2,22,23,26)/t15-/m0/s1. The number of hydrogen-bond acceptors (Lipinski definition) is 3. The number of rotatable bonds is 5. The number of thiocarbonyl (C=S) groups is 1. The first-order chi connectivity index (χ1) is 12.4. The van der Waals surface area contributed by atoms with Crippen molar-refractivity contribution >= 4 is 23.0 Å². The maximum absolute atomic E-state index is 5.88. The van der Waals surface area contributed by atoms with Crippen molar-refractivity contribution < 1.29 is 9.47 Å². The molecule has 138 valence electrons. The van der Waals surface area contributed by atoms with Crippen molar-refractivity contribution in [1.82, 2.24) is 5.32 Å². The quantitative estimate of drug-likeness (QED) is 0.758. The number of aryl methyl sites for hydroxylation is 2. The second kappa shape index (κ2) is 7.96. The first-order valence-corrected chi connectivity index (χ1v) is 9.44. The topological polar surface area (TPSA) is 42.5 Å². The van der Waals surface area contributed by atoms with Gasteiger partial charge in [-0.1, -0.05) is 6.07 Å². The van der Waals surface area contributed by atoms with E-state index in [2.05, 4.69) is 61.7 Å². The molecule has 1 atom stereocenters. The van der Waals surface area contributed by atoms with Gasteiger partial charge < -0.3 is 20.1 Å². The molecule has 0 spiro atoms. The fraction of sp³-hybridized carbons (Fsp3) is 0.381. The molecule has 3 rings (SSSR count). The second-order valence-electron chi connectivity index (χ2n) is 6.82. The summed E-state index contributed by atoms with van der Waals surface area (Å²) in [5, 5.41) is 7.12. The molecular weight excluding hydrogens is 344 g/mol. The highest BCUT2D eigenvalue weighted by Crippen LogP contribution is 2.35. The lowest BCUT2D eigenvalue weighted by molar-refractivity contribution is 0.254. The summed E-state index contributed by atoms with van der Waals surface area (Å²) in [5.41, 5.74) is 5.67. The van der Waals surface area contributed by atoms with Crippen molar-refractivity contribution in [2.45, 2.75) is 46.8 Å². The molecule has 0 amide bonds. The summed E-state index contributed by atoms with van der Waals surface area (Å²) in [6, 6.07) is 10.5. The van der Waals surface area contributed by atoms with Crippen molar-refractivity contribution in [2.75, 3.05) is 11.9 Å². The number of hydrogen-bond donors (Lipinski definition) is 2. The Morgan fingerprint density at radius 2 is 1.92 bits per heavy atom. The summed E-state index contributed by atoms with van der Waals surface area (Å²) in [5.74, 6) is 1.84. The van der Waals surface area contributed by atoms with Crippen LogP contribution in [-0.2, 0) is 13.0 Å². The van der Waals surface area contributed by atoms with Gasteiger partial charge in [0.05, 0.1) is 6.61 Å². The Bertz CT molecular complexity index is 800. The van der Waals surface area contributed by atoms with Crippen LogP contribution in [0.4, 0.5) is 5.69 Å². The van der Waals surface area contributed by atoms with Gasteiger partial charge in [0.15, 0.2) is 5.11 Å². The van der Waals surface area contributed by atoms with Crippen LogP contribution in [-0.4, -0.2) is 17.8 Å². The highest BCUT2D eigenvalue weighted by molar-refractivity contribution is 7.80. The Balaban J connectivity index is 1.68. The lowest BCUT2D eigenvalue weighted by atomic mass is 10.1. The largest absolute Gasteiger partial charge is 0.494 e. The van der Waals surface area contributed by atoms with Crippen LogP contribution in [0.25, 0.3) is 0 Å². The van der Waals surface area contributed by atoms with E-state index in [-0.39, 0.29) is 6.10 Å². The molecule has 0 aromatic heterocycles. The number of fused-ring (bicyclic) bond motifs is 1. The van der Waals surface area contributed by atoms with Crippen LogP contribution in [0.1, 0.15) is 36.1 Å². The fourth-order valence-electron chi connectivity index (χ4n) is 3.31. The molecule has 1 aliphatic heterocycles. The SMILES string of the molecule is CCOc1cc2c(cc1CNC(=S)Nc1cc(C)cc(C)c1)O[C@@H](C)C2. The van der Waals surface area contributed by atoms with Crippen LogP contribution in [0, 0.1) is 13.8 Å². The molecule has 0 saturated heterocycles. The molecule has 1 aliphatic rings. The number of nitrogens with one attached hydrogen (secondary N) is 2. The number of benzene rings is 2. The smallest absolute Gasteiger partial charge is 0.171 e. The number of anilines is 1. The zero-order chi connectivity index (χ0) is 18.7. The summed E-state index contributed by atoms with van der Waals surface area (Å²) in [6.07, 6.45) is 1.14. The van der Waals surface area contributed by atoms with Crippen LogP contribution in [0.5, 0.6) is 11.5 Å². The fourth-order valence-corrected chi connectivity index (χ4v) is 3.50. The predicted molar refractivity (Wildman–Crippen MR) is 110 cm³/mol. The zero-order valence-corrected chi connectivity index (χ0v) is 16.6. The molecule has 2 aromatic rings. The van der Waals surface area contributed by atoms with Gasteiger partial charge in [-0.15, -0.1) is 0 Å². The molecule has 4 nitrogen and oxygen atoms in total. The van der Waals surface area contributed by atoms with E-state index in [0.29, 0.717) is 18.3 Å². The van der Waals surface area contributed by atoms with E-state index in [0.717, 1.165) is 29.2 Å². The van der Waals surface area contributed by atoms with Crippen molar-refractivity contribution in [1.29, 1.82) is 0 Å². The normalized spacial score (nSPS) is 15.2. The maximum atomic E-state index is 5.88. The van der Waals surface area contributed by atoms with Gasteiger partial charge in [0, 0.05) is 29.8 Å². The van der Waals surface area contributed by atoms with E-state index in [4.69, 9.17) is 21.7 Å². The third-order valence-electron chi connectivity index (χ3n) is 4.30. The van der Waals surface area contributed by atoms with Gasteiger partial charge in [0.1, 0.15) is 17.6 Å². The molecule has 5 heteroatoms. The van der Waals surface area contributed by atoms with Crippen LogP contribution in [0.15, 0.2) is 30.3 Å². The van der Waals surface area contributed by atoms with E-state index in [9.17, 15) is 0 Å². The van der Waals surface area contributed by atoms with Gasteiger partial charge >= 0.3 is 0 Å². The van der Waals surface area contributed by atoms with Gasteiger partial charge in [-0.3, -0.25) is 0 Å². The molecule has 1 heterocycles. The monoisotopic (exact) mass is 370 g/mol. The first kappa shape index (κ1) is 18.5. The third-order valence-corrected chi connectivity index (χ3v) is 4.54. The van der Waals surface area contributed by atoms with E-state index in [1.165, 1.54) is 16.7 Å². The first-order valence-electron chi connectivity index (χ1n) is 9.03. The molecule has 0 fully saturated rings. The van der Waals surface area contributed by atoms with Crippen LogP contribution < -0.4 is 20.1 Å². The Hall–Kier alpha value is -2.27. The van der Waals surface area contributed by atoms with Crippen molar-refractivity contribution in [3.63, 3.8) is 0 Å². The molecule has 26 heavy (non-hydrogen) atoms. The third kappa shape index (κ3) is 4.47. The van der Waals surface area contributed by atoms with Crippen molar-refractivity contribution in [3.05, 3.63) is 52.6 Å². The minimum Gasteiger partial charge on any atom is -0.494 e. The molecule has 0 unspecified atom stereocenters. The molecule has 0 radical (unpaired) electrons. The van der Waals surface area contributed by atoms with E-state index < -0.39 is 0 Å². The van der Waals surface area contributed by atoms with Gasteiger partial charge in [0.2, 0.25) is 0 Å². The van der Waals surface area contributed by atoms with Crippen molar-refractivity contribution in [2.24, 2.45) is 0 Å². The van der Waals surface area contributed by atoms with Crippen LogP contribution in [0.2, 0.25) is 0 Å². The molecule has 2 N–H and O–H groups in total. The lowest BCUT2D eigenvalue weighted by Crippen LogP contribution is -2.28. The van der Waals surface area contributed by atoms with Crippen LogP contribution >= 0.6 is 12.2 Å². The summed E-state index contributed by atoms with van der Waals surface area (Å²) in [7, 11) is 0. The molecule has 0 aliphatic carbocycles. The Morgan fingerprint density at radius 1 is 1.19 bits per heavy atom. The lowest BCUT2D eigenvalue weighted by Gasteiger charge is -2.15. The zero-order valence-electron chi connectivity index (χ0n) is 15.8. The minimum atomic E-state index is 0.218. The van der Waals surface area contributed by atoms with Gasteiger partial charge in [-0.05, 0) is 75.3 Å². The van der Waals surface area contributed by atoms with Crippen molar-refractivity contribution in [3.8, 4) is 11.5 Å². The Morgan fingerprint density at radius 3 is 2.62 bits per heavy atom. The van der Waals surface area contributed by atoms with Gasteiger partial charge in [-0.25, -0.2) is 0 Å². The second-order valence-corrected chi connectivity index (χ2v) is 7.23. The Labute approximate surface area is 160 Å². The van der Waals surface area contributed by atoms with E-state index in [1.54, 1.807) is 0 Å². The molecule has 0 saturated carbocycles. The summed E-state index contributed by atoms with van der Waals surface area (Å²) in [6.45, 7) is 9.45. The Kier molecular flexibility index (Phi) is 5.67. The van der Waals surface area contributed by atoms with Gasteiger partial charge in [-0.2, -0.15) is 0 Å². The molecule has 2 aromatic carbocycles. The summed E-state index contributed by atoms with van der Waals surface area (Å²) < 4.78 is 11.7. The van der Waals surface area contributed by atoms with Gasteiger partial charge in [0.25, 0.3) is 0 Å². The summed E-state index contributed by atoms with van der Waals surface area (Å²) in [4.78, 5) is 0. The predicted octanol–water partition coefficient (Wildman–Crippen LogP) is 4.51. The average Bonchev–Trinajstić information content (AvgIpc) is 2.91. The number of ether oxygens (including phenoxy) is 2. The average molecular weight is 371 g/mol.